The Morgan fingerprint density at radius 3 is 2.50 bits per heavy atom. The lowest BCUT2D eigenvalue weighted by molar-refractivity contribution is 0.369. The molecule has 4 nitrogen and oxygen atoms in total. The highest BCUT2D eigenvalue weighted by atomic mass is 16.5. The van der Waals surface area contributed by atoms with Crippen molar-refractivity contribution in [2.45, 2.75) is 13.0 Å². The van der Waals surface area contributed by atoms with Crippen LogP contribution >= 0.6 is 0 Å². The van der Waals surface area contributed by atoms with Crippen LogP contribution in [-0.2, 0) is 0 Å². The van der Waals surface area contributed by atoms with Crippen molar-refractivity contribution in [3.8, 4) is 17.0 Å². The number of hydrogen-bond acceptors (Lipinski definition) is 4. The van der Waals surface area contributed by atoms with Gasteiger partial charge in [0.05, 0.1) is 13.2 Å². The van der Waals surface area contributed by atoms with Crippen LogP contribution in [0.2, 0.25) is 0 Å². The van der Waals surface area contributed by atoms with E-state index in [9.17, 15) is 0 Å². The summed E-state index contributed by atoms with van der Waals surface area (Å²) in [6.45, 7) is 1.86. The number of rotatable bonds is 3. The average molecular weight is 218 g/mol. The molecule has 1 heterocycles. The maximum atomic E-state index is 5.70. The molecular formula is C12H14N2O2. The van der Waals surface area contributed by atoms with Gasteiger partial charge < -0.3 is 15.0 Å². The highest BCUT2D eigenvalue weighted by Gasteiger charge is 2.09. The summed E-state index contributed by atoms with van der Waals surface area (Å²) >= 11 is 0. The van der Waals surface area contributed by atoms with Gasteiger partial charge in [0.25, 0.3) is 0 Å². The number of nitrogens with zero attached hydrogens (tertiary/aromatic N) is 1. The molecule has 1 aromatic heterocycles. The molecule has 2 aromatic rings. The van der Waals surface area contributed by atoms with Crippen molar-refractivity contribution in [2.75, 3.05) is 7.11 Å². The minimum absolute atomic E-state index is 0.139. The first-order chi connectivity index (χ1) is 7.70. The molecule has 1 aromatic carbocycles. The van der Waals surface area contributed by atoms with Gasteiger partial charge in [-0.15, -0.1) is 0 Å². The number of hydrogen-bond donors (Lipinski definition) is 1. The fourth-order valence-corrected chi connectivity index (χ4v) is 1.40. The molecule has 0 aliphatic rings. The van der Waals surface area contributed by atoms with Crippen LogP contribution in [0.5, 0.6) is 5.75 Å². The molecule has 0 amide bonds. The first kappa shape index (κ1) is 10.7. The Balaban J connectivity index is 2.28. The van der Waals surface area contributed by atoms with Crippen LogP contribution < -0.4 is 10.5 Å². The van der Waals surface area contributed by atoms with Crippen LogP contribution in [0.3, 0.4) is 0 Å². The molecule has 0 aliphatic heterocycles. The van der Waals surface area contributed by atoms with E-state index >= 15 is 0 Å². The fourth-order valence-electron chi connectivity index (χ4n) is 1.40. The van der Waals surface area contributed by atoms with E-state index in [0.717, 1.165) is 17.0 Å². The van der Waals surface area contributed by atoms with E-state index in [1.54, 1.807) is 7.11 Å². The van der Waals surface area contributed by atoms with Crippen LogP contribution in [0.15, 0.2) is 34.9 Å². The van der Waals surface area contributed by atoms with Gasteiger partial charge in [-0.2, -0.15) is 0 Å². The van der Waals surface area contributed by atoms with E-state index in [-0.39, 0.29) is 6.04 Å². The normalized spacial score (nSPS) is 12.4. The molecular weight excluding hydrogens is 204 g/mol. The minimum atomic E-state index is -0.139. The Hall–Kier alpha value is -1.81. The summed E-state index contributed by atoms with van der Waals surface area (Å²) in [5.74, 6) is 1.51. The van der Waals surface area contributed by atoms with Gasteiger partial charge in [0.2, 0.25) is 0 Å². The van der Waals surface area contributed by atoms with E-state index in [1.807, 2.05) is 37.3 Å². The van der Waals surface area contributed by atoms with Gasteiger partial charge in [-0.25, -0.2) is 0 Å². The number of nitrogens with two attached hydrogens (primary N) is 1. The van der Waals surface area contributed by atoms with Crippen LogP contribution in [0, 0.1) is 0 Å². The quantitative estimate of drug-likeness (QED) is 0.859. The van der Waals surface area contributed by atoms with E-state index in [2.05, 4.69) is 5.16 Å². The van der Waals surface area contributed by atoms with Crippen molar-refractivity contribution in [3.63, 3.8) is 0 Å². The third kappa shape index (κ3) is 2.06. The highest BCUT2D eigenvalue weighted by molar-refractivity contribution is 5.59. The van der Waals surface area contributed by atoms with Crippen LogP contribution in [-0.4, -0.2) is 12.3 Å². The molecule has 0 saturated carbocycles. The second-order valence-electron chi connectivity index (χ2n) is 3.63. The average Bonchev–Trinajstić information content (AvgIpc) is 2.78. The molecule has 0 bridgehead atoms. The lowest BCUT2D eigenvalue weighted by Gasteiger charge is -1.99. The molecule has 0 aliphatic carbocycles. The summed E-state index contributed by atoms with van der Waals surface area (Å²) in [5.41, 5.74) is 7.47. The van der Waals surface area contributed by atoms with Crippen molar-refractivity contribution >= 4 is 0 Å². The zero-order valence-corrected chi connectivity index (χ0v) is 9.31. The Morgan fingerprint density at radius 1 is 1.31 bits per heavy atom. The van der Waals surface area contributed by atoms with Crippen molar-refractivity contribution in [3.05, 3.63) is 36.1 Å². The summed E-state index contributed by atoms with van der Waals surface area (Å²) in [7, 11) is 1.64. The third-order valence-corrected chi connectivity index (χ3v) is 2.36. The first-order valence-corrected chi connectivity index (χ1v) is 5.07. The van der Waals surface area contributed by atoms with Crippen LogP contribution in [0.25, 0.3) is 11.3 Å². The summed E-state index contributed by atoms with van der Waals surface area (Å²) in [6, 6.07) is 9.35. The van der Waals surface area contributed by atoms with Crippen LogP contribution in [0.4, 0.5) is 0 Å². The summed E-state index contributed by atoms with van der Waals surface area (Å²) < 4.78 is 10.2. The molecule has 4 heteroatoms. The van der Waals surface area contributed by atoms with Gasteiger partial charge in [-0.1, -0.05) is 5.16 Å². The maximum Gasteiger partial charge on any atom is 0.153 e. The molecule has 0 spiro atoms. The molecule has 84 valence electrons. The van der Waals surface area contributed by atoms with E-state index < -0.39 is 0 Å². The minimum Gasteiger partial charge on any atom is -0.497 e. The lowest BCUT2D eigenvalue weighted by Crippen LogP contribution is -2.02. The Morgan fingerprint density at radius 2 is 2.00 bits per heavy atom. The molecule has 1 atom stereocenters. The van der Waals surface area contributed by atoms with E-state index in [4.69, 9.17) is 15.0 Å². The summed E-state index contributed by atoms with van der Waals surface area (Å²) in [4.78, 5) is 0. The maximum absolute atomic E-state index is 5.70. The second-order valence-corrected chi connectivity index (χ2v) is 3.63. The monoisotopic (exact) mass is 218 g/mol. The van der Waals surface area contributed by atoms with E-state index in [0.29, 0.717) is 5.76 Å². The second kappa shape index (κ2) is 4.37. The van der Waals surface area contributed by atoms with Gasteiger partial charge in [-0.05, 0) is 31.2 Å². The summed E-state index contributed by atoms with van der Waals surface area (Å²) in [5, 5.41) is 3.97. The summed E-state index contributed by atoms with van der Waals surface area (Å²) in [6.07, 6.45) is 0. The van der Waals surface area contributed by atoms with Crippen molar-refractivity contribution < 1.29 is 9.26 Å². The van der Waals surface area contributed by atoms with Crippen molar-refractivity contribution in [1.82, 2.24) is 5.16 Å². The molecule has 16 heavy (non-hydrogen) atoms. The predicted molar refractivity (Wildman–Crippen MR) is 61.1 cm³/mol. The predicted octanol–water partition coefficient (Wildman–Crippen LogP) is 2.37. The van der Waals surface area contributed by atoms with Gasteiger partial charge >= 0.3 is 0 Å². The number of benzene rings is 1. The topological polar surface area (TPSA) is 61.3 Å². The van der Waals surface area contributed by atoms with Gasteiger partial charge in [0.1, 0.15) is 11.4 Å². The lowest BCUT2D eigenvalue weighted by atomic mass is 10.1. The Labute approximate surface area is 94.0 Å². The number of methoxy groups -OCH3 is 1. The standard InChI is InChI=1S/C12H14N2O2/c1-8(13)12-7-11(14-16-12)9-3-5-10(15-2)6-4-9/h3-8H,13H2,1-2H3. The van der Waals surface area contributed by atoms with Crippen molar-refractivity contribution in [1.29, 1.82) is 0 Å². The smallest absolute Gasteiger partial charge is 0.153 e. The van der Waals surface area contributed by atoms with E-state index in [1.165, 1.54) is 0 Å². The largest absolute Gasteiger partial charge is 0.497 e. The fraction of sp³-hybridized carbons (Fsp3) is 0.250. The Kier molecular flexibility index (Phi) is 2.92. The molecule has 1 unspecified atom stereocenters. The zero-order chi connectivity index (χ0) is 11.5. The number of aromatic nitrogens is 1. The van der Waals surface area contributed by atoms with Crippen molar-refractivity contribution in [2.24, 2.45) is 5.73 Å². The van der Waals surface area contributed by atoms with Gasteiger partial charge in [-0.3, -0.25) is 0 Å². The van der Waals surface area contributed by atoms with Gasteiger partial charge in [0.15, 0.2) is 5.76 Å². The SMILES string of the molecule is COc1ccc(-c2cc(C(C)N)on2)cc1. The molecule has 2 N–H and O–H groups in total. The molecule has 0 saturated heterocycles. The first-order valence-electron chi connectivity index (χ1n) is 5.07. The number of ether oxygens (including phenoxy) is 1. The highest BCUT2D eigenvalue weighted by Crippen LogP contribution is 2.23. The third-order valence-electron chi connectivity index (χ3n) is 2.36. The molecule has 0 fully saturated rings. The zero-order valence-electron chi connectivity index (χ0n) is 9.31. The molecule has 2 rings (SSSR count). The Bertz CT molecular complexity index is 460. The van der Waals surface area contributed by atoms with Crippen LogP contribution in [0.1, 0.15) is 18.7 Å². The van der Waals surface area contributed by atoms with Gasteiger partial charge in [0, 0.05) is 11.6 Å². The molecule has 0 radical (unpaired) electrons.